The van der Waals surface area contributed by atoms with Crippen LogP contribution in [0, 0.1) is 11.8 Å². The van der Waals surface area contributed by atoms with E-state index in [1.165, 1.54) is 6.92 Å². The van der Waals surface area contributed by atoms with Crippen LogP contribution < -0.4 is 0 Å². The molecule has 0 spiro atoms. The number of likely N-dealkylation sites (tertiary alicyclic amines) is 1. The first-order valence-corrected chi connectivity index (χ1v) is 6.07. The smallest absolute Gasteiger partial charge is 0.308 e. The summed E-state index contributed by atoms with van der Waals surface area (Å²) < 4.78 is 0. The van der Waals surface area contributed by atoms with E-state index in [0.717, 1.165) is 5.56 Å². The Morgan fingerprint density at radius 1 is 1.22 bits per heavy atom. The highest BCUT2D eigenvalue weighted by Crippen LogP contribution is 2.25. The lowest BCUT2D eigenvalue weighted by Gasteiger charge is -2.14. The zero-order valence-electron chi connectivity index (χ0n) is 10.4. The van der Waals surface area contributed by atoms with Crippen LogP contribution in [0.4, 0.5) is 0 Å². The number of hydrogen-bond donors (Lipinski definition) is 1. The molecule has 1 fully saturated rings. The molecule has 0 saturated carbocycles. The number of carboxylic acid groups (broad SMARTS) is 1. The van der Waals surface area contributed by atoms with Gasteiger partial charge in [0.2, 0.25) is 0 Å². The minimum Gasteiger partial charge on any atom is -0.481 e. The van der Waals surface area contributed by atoms with Crippen LogP contribution >= 0.6 is 0 Å². The third-order valence-corrected chi connectivity index (χ3v) is 3.48. The lowest BCUT2D eigenvalue weighted by atomic mass is 9.93. The second-order valence-electron chi connectivity index (χ2n) is 4.84. The molecule has 1 aromatic carbocycles. The van der Waals surface area contributed by atoms with Crippen molar-refractivity contribution in [1.82, 2.24) is 4.90 Å². The molecule has 1 saturated heterocycles. The number of Topliss-reactive ketones (excluding diaryl/α,β-unsaturated/α-hetero) is 1. The summed E-state index contributed by atoms with van der Waals surface area (Å²) >= 11 is 0. The average Bonchev–Trinajstić information content (AvgIpc) is 2.74. The van der Waals surface area contributed by atoms with Crippen LogP contribution in [0.1, 0.15) is 12.5 Å². The molecule has 1 N–H and O–H groups in total. The van der Waals surface area contributed by atoms with Gasteiger partial charge in [-0.1, -0.05) is 30.3 Å². The molecule has 4 heteroatoms. The molecule has 4 nitrogen and oxygen atoms in total. The molecule has 0 bridgehead atoms. The van der Waals surface area contributed by atoms with E-state index in [9.17, 15) is 9.59 Å². The normalized spacial score (nSPS) is 24.1. The molecule has 0 aromatic heterocycles. The van der Waals surface area contributed by atoms with Gasteiger partial charge in [0, 0.05) is 25.6 Å². The third-order valence-electron chi connectivity index (χ3n) is 3.48. The fourth-order valence-corrected chi connectivity index (χ4v) is 2.52. The Kier molecular flexibility index (Phi) is 3.77. The van der Waals surface area contributed by atoms with Gasteiger partial charge in [0.05, 0.1) is 5.92 Å². The van der Waals surface area contributed by atoms with E-state index in [0.29, 0.717) is 19.6 Å². The molecule has 1 aromatic rings. The number of carbonyl (C=O) groups is 2. The van der Waals surface area contributed by atoms with Gasteiger partial charge in [0.15, 0.2) is 0 Å². The van der Waals surface area contributed by atoms with E-state index < -0.39 is 11.9 Å². The molecule has 0 aliphatic carbocycles. The van der Waals surface area contributed by atoms with Crippen LogP contribution in [0.25, 0.3) is 0 Å². The average molecular weight is 247 g/mol. The summed E-state index contributed by atoms with van der Waals surface area (Å²) in [5.41, 5.74) is 1.14. The van der Waals surface area contributed by atoms with Gasteiger partial charge in [-0.25, -0.2) is 0 Å². The van der Waals surface area contributed by atoms with Crippen LogP contribution in [-0.4, -0.2) is 34.8 Å². The first kappa shape index (κ1) is 12.8. The standard InChI is InChI=1S/C14H17NO3/c1-10(16)12-8-15(9-13(12)14(17)18)7-11-5-3-2-4-6-11/h2-6,12-13H,7-9H2,1H3,(H,17,18)/t12-,13-/m0/s1. The van der Waals surface area contributed by atoms with Gasteiger partial charge in [-0.3, -0.25) is 14.5 Å². The van der Waals surface area contributed by atoms with Gasteiger partial charge in [-0.05, 0) is 12.5 Å². The molecule has 2 atom stereocenters. The maximum absolute atomic E-state index is 11.5. The largest absolute Gasteiger partial charge is 0.481 e. The Labute approximate surface area is 106 Å². The molecule has 0 unspecified atom stereocenters. The molecule has 0 radical (unpaired) electrons. The third kappa shape index (κ3) is 2.76. The van der Waals surface area contributed by atoms with Crippen LogP contribution in [0.15, 0.2) is 30.3 Å². The van der Waals surface area contributed by atoms with Gasteiger partial charge in [0.1, 0.15) is 5.78 Å². The van der Waals surface area contributed by atoms with Gasteiger partial charge in [-0.15, -0.1) is 0 Å². The number of carboxylic acids is 1. The van der Waals surface area contributed by atoms with Crippen molar-refractivity contribution in [3.63, 3.8) is 0 Å². The van der Waals surface area contributed by atoms with Gasteiger partial charge in [0.25, 0.3) is 0 Å². The Hall–Kier alpha value is -1.68. The highest BCUT2D eigenvalue weighted by Gasteiger charge is 2.39. The van der Waals surface area contributed by atoms with Gasteiger partial charge >= 0.3 is 5.97 Å². The van der Waals surface area contributed by atoms with E-state index >= 15 is 0 Å². The zero-order valence-corrected chi connectivity index (χ0v) is 10.4. The second-order valence-corrected chi connectivity index (χ2v) is 4.84. The quantitative estimate of drug-likeness (QED) is 0.874. The summed E-state index contributed by atoms with van der Waals surface area (Å²) in [5.74, 6) is -1.83. The SMILES string of the molecule is CC(=O)[C@@H]1CN(Cc2ccccc2)C[C@@H]1C(=O)O. The van der Waals surface area contributed by atoms with Gasteiger partial charge < -0.3 is 5.11 Å². The summed E-state index contributed by atoms with van der Waals surface area (Å²) in [6, 6.07) is 9.89. The highest BCUT2D eigenvalue weighted by atomic mass is 16.4. The molecule has 96 valence electrons. The molecule has 1 aliphatic heterocycles. The molecular formula is C14H17NO3. The van der Waals surface area contributed by atoms with Gasteiger partial charge in [-0.2, -0.15) is 0 Å². The predicted octanol–water partition coefficient (Wildman–Crippen LogP) is 1.41. The number of nitrogens with zero attached hydrogens (tertiary/aromatic N) is 1. The number of aliphatic carboxylic acids is 1. The van der Waals surface area contributed by atoms with E-state index in [1.54, 1.807) is 0 Å². The van der Waals surface area contributed by atoms with E-state index in [4.69, 9.17) is 5.11 Å². The Morgan fingerprint density at radius 3 is 2.33 bits per heavy atom. The van der Waals surface area contributed by atoms with Crippen LogP contribution in [0.2, 0.25) is 0 Å². The predicted molar refractivity (Wildman–Crippen MR) is 67.0 cm³/mol. The fraction of sp³-hybridized carbons (Fsp3) is 0.429. The maximum Gasteiger partial charge on any atom is 0.308 e. The summed E-state index contributed by atoms with van der Waals surface area (Å²) in [7, 11) is 0. The maximum atomic E-state index is 11.5. The minimum atomic E-state index is -0.870. The number of benzene rings is 1. The van der Waals surface area contributed by atoms with Crippen molar-refractivity contribution in [2.24, 2.45) is 11.8 Å². The summed E-state index contributed by atoms with van der Waals surface area (Å²) in [5, 5.41) is 9.14. The summed E-state index contributed by atoms with van der Waals surface area (Å²) in [6.07, 6.45) is 0. The Bertz CT molecular complexity index is 422. The first-order valence-electron chi connectivity index (χ1n) is 6.07. The second kappa shape index (κ2) is 5.31. The van der Waals surface area contributed by atoms with Crippen molar-refractivity contribution < 1.29 is 14.7 Å². The fourth-order valence-electron chi connectivity index (χ4n) is 2.52. The molecular weight excluding hydrogens is 230 g/mol. The van der Waals surface area contributed by atoms with Crippen LogP contribution in [0.5, 0.6) is 0 Å². The number of rotatable bonds is 4. The molecule has 1 aliphatic rings. The number of ketones is 1. The molecule has 0 amide bonds. The van der Waals surface area contributed by atoms with E-state index in [2.05, 4.69) is 0 Å². The molecule has 1 heterocycles. The van der Waals surface area contributed by atoms with Crippen molar-refractivity contribution in [2.45, 2.75) is 13.5 Å². The first-order chi connectivity index (χ1) is 8.58. The molecule has 2 rings (SSSR count). The summed E-state index contributed by atoms with van der Waals surface area (Å²) in [6.45, 7) is 3.18. The lowest BCUT2D eigenvalue weighted by Crippen LogP contribution is -2.26. The van der Waals surface area contributed by atoms with Crippen LogP contribution in [-0.2, 0) is 16.1 Å². The topological polar surface area (TPSA) is 57.6 Å². The molecule has 18 heavy (non-hydrogen) atoms. The Balaban J connectivity index is 2.05. The van der Waals surface area contributed by atoms with Crippen molar-refractivity contribution >= 4 is 11.8 Å². The monoisotopic (exact) mass is 247 g/mol. The van der Waals surface area contributed by atoms with E-state index in [1.807, 2.05) is 35.2 Å². The van der Waals surface area contributed by atoms with Crippen molar-refractivity contribution in [3.8, 4) is 0 Å². The van der Waals surface area contributed by atoms with Crippen molar-refractivity contribution in [3.05, 3.63) is 35.9 Å². The van der Waals surface area contributed by atoms with E-state index in [-0.39, 0.29) is 11.7 Å². The highest BCUT2D eigenvalue weighted by molar-refractivity contribution is 5.85. The Morgan fingerprint density at radius 2 is 1.83 bits per heavy atom. The lowest BCUT2D eigenvalue weighted by molar-refractivity contribution is -0.144. The zero-order chi connectivity index (χ0) is 13.1. The van der Waals surface area contributed by atoms with Crippen molar-refractivity contribution in [2.75, 3.05) is 13.1 Å². The van der Waals surface area contributed by atoms with Crippen LogP contribution in [0.3, 0.4) is 0 Å². The van der Waals surface area contributed by atoms with Crippen molar-refractivity contribution in [1.29, 1.82) is 0 Å². The summed E-state index contributed by atoms with van der Waals surface area (Å²) in [4.78, 5) is 24.6. The number of carbonyl (C=O) groups excluding carboxylic acids is 1. The number of hydrogen-bond acceptors (Lipinski definition) is 3. The minimum absolute atomic E-state index is 0.0297.